The van der Waals surface area contributed by atoms with E-state index in [2.05, 4.69) is 21.4 Å². The Hall–Kier alpha value is -3.01. The normalized spacial score (nSPS) is 11.0. The van der Waals surface area contributed by atoms with E-state index in [1.165, 1.54) is 6.08 Å². The first-order valence-electron chi connectivity index (χ1n) is 7.39. The molecule has 0 saturated heterocycles. The van der Waals surface area contributed by atoms with Gasteiger partial charge in [-0.05, 0) is 55.3 Å². The molecule has 0 saturated carbocycles. The molecule has 0 atom stereocenters. The summed E-state index contributed by atoms with van der Waals surface area (Å²) >= 11 is 0. The van der Waals surface area contributed by atoms with Gasteiger partial charge in [0.25, 0.3) is 0 Å². The van der Waals surface area contributed by atoms with E-state index in [0.29, 0.717) is 5.69 Å². The topological polar surface area (TPSA) is 54.9 Å². The summed E-state index contributed by atoms with van der Waals surface area (Å²) in [5.74, 6) is -0.190. The Morgan fingerprint density at radius 2 is 1.74 bits per heavy atom. The van der Waals surface area contributed by atoms with Gasteiger partial charge in [-0.3, -0.25) is 9.78 Å². The fourth-order valence-electron chi connectivity index (χ4n) is 2.44. The van der Waals surface area contributed by atoms with Crippen LogP contribution in [-0.2, 0) is 4.79 Å². The van der Waals surface area contributed by atoms with Gasteiger partial charge in [0.1, 0.15) is 0 Å². The summed E-state index contributed by atoms with van der Waals surface area (Å²) in [7, 11) is 0. The van der Waals surface area contributed by atoms with Crippen molar-refractivity contribution in [1.82, 2.24) is 9.97 Å². The molecule has 0 aliphatic heterocycles. The SMILES string of the molecule is Cc1cc(C)cc(NC(=O)/C=C/c2cnc3ccccc3n2)c1. The number of nitrogens with zero attached hydrogens (tertiary/aromatic N) is 2. The van der Waals surface area contributed by atoms with Crippen molar-refractivity contribution in [3.63, 3.8) is 0 Å². The lowest BCUT2D eigenvalue weighted by atomic mass is 10.1. The highest BCUT2D eigenvalue weighted by Crippen LogP contribution is 2.14. The number of nitrogens with one attached hydrogen (secondary N) is 1. The lowest BCUT2D eigenvalue weighted by Crippen LogP contribution is -2.08. The molecule has 0 unspecified atom stereocenters. The standard InChI is InChI=1S/C19H17N3O/c1-13-9-14(2)11-16(10-13)22-19(23)8-7-15-12-20-17-5-3-4-6-18(17)21-15/h3-12H,1-2H3,(H,22,23)/b8-7+. The van der Waals surface area contributed by atoms with Gasteiger partial charge < -0.3 is 5.32 Å². The number of amides is 1. The maximum Gasteiger partial charge on any atom is 0.248 e. The lowest BCUT2D eigenvalue weighted by Gasteiger charge is -2.05. The molecule has 3 aromatic rings. The van der Waals surface area contributed by atoms with Crippen molar-refractivity contribution in [1.29, 1.82) is 0 Å². The molecule has 2 aromatic carbocycles. The summed E-state index contributed by atoms with van der Waals surface area (Å²) in [4.78, 5) is 20.8. The number of rotatable bonds is 3. The molecule has 0 aliphatic rings. The number of aromatic nitrogens is 2. The third kappa shape index (κ3) is 3.80. The summed E-state index contributed by atoms with van der Waals surface area (Å²) < 4.78 is 0. The van der Waals surface area contributed by atoms with Gasteiger partial charge in [0.05, 0.1) is 22.9 Å². The molecule has 0 spiro atoms. The van der Waals surface area contributed by atoms with E-state index in [9.17, 15) is 4.79 Å². The van der Waals surface area contributed by atoms with E-state index in [1.807, 2.05) is 50.2 Å². The van der Waals surface area contributed by atoms with Gasteiger partial charge in [0.15, 0.2) is 0 Å². The fraction of sp³-hybridized carbons (Fsp3) is 0.105. The molecule has 1 amide bonds. The first-order chi connectivity index (χ1) is 11.1. The van der Waals surface area contributed by atoms with Gasteiger partial charge in [-0.2, -0.15) is 0 Å². The van der Waals surface area contributed by atoms with Gasteiger partial charge in [0, 0.05) is 11.8 Å². The third-order valence-corrected chi connectivity index (χ3v) is 3.36. The Morgan fingerprint density at radius 1 is 1.04 bits per heavy atom. The van der Waals surface area contributed by atoms with E-state index in [0.717, 1.165) is 27.8 Å². The summed E-state index contributed by atoms with van der Waals surface area (Å²) in [5.41, 5.74) is 5.32. The van der Waals surface area contributed by atoms with Gasteiger partial charge in [-0.25, -0.2) is 4.98 Å². The van der Waals surface area contributed by atoms with E-state index < -0.39 is 0 Å². The van der Waals surface area contributed by atoms with E-state index in [1.54, 1.807) is 12.3 Å². The van der Waals surface area contributed by atoms with Gasteiger partial charge in [-0.1, -0.05) is 18.2 Å². The Kier molecular flexibility index (Phi) is 4.15. The Labute approximate surface area is 134 Å². The molecule has 4 heteroatoms. The minimum atomic E-state index is -0.190. The zero-order chi connectivity index (χ0) is 16.2. The second-order valence-corrected chi connectivity index (χ2v) is 5.48. The largest absolute Gasteiger partial charge is 0.322 e. The number of carbonyl (C=O) groups excluding carboxylic acids is 1. The summed E-state index contributed by atoms with van der Waals surface area (Å²) in [6, 6.07) is 13.6. The highest BCUT2D eigenvalue weighted by Gasteiger charge is 2.01. The first-order valence-corrected chi connectivity index (χ1v) is 7.39. The van der Waals surface area contributed by atoms with Crippen LogP contribution in [0, 0.1) is 13.8 Å². The monoisotopic (exact) mass is 303 g/mol. The highest BCUT2D eigenvalue weighted by atomic mass is 16.1. The number of anilines is 1. The van der Waals surface area contributed by atoms with Gasteiger partial charge in [-0.15, -0.1) is 0 Å². The lowest BCUT2D eigenvalue weighted by molar-refractivity contribution is -0.111. The molecule has 0 radical (unpaired) electrons. The maximum absolute atomic E-state index is 12.0. The zero-order valence-corrected chi connectivity index (χ0v) is 13.1. The van der Waals surface area contributed by atoms with E-state index in [4.69, 9.17) is 0 Å². The number of benzene rings is 2. The molecule has 1 aromatic heterocycles. The highest BCUT2D eigenvalue weighted by molar-refractivity contribution is 6.01. The van der Waals surface area contributed by atoms with Crippen molar-refractivity contribution < 1.29 is 4.79 Å². The Bertz CT molecular complexity index is 880. The van der Waals surface area contributed by atoms with Crippen LogP contribution in [-0.4, -0.2) is 15.9 Å². The molecule has 1 N–H and O–H groups in total. The molecule has 1 heterocycles. The third-order valence-electron chi connectivity index (χ3n) is 3.36. The van der Waals surface area contributed by atoms with Gasteiger partial charge >= 0.3 is 0 Å². The molecule has 0 bridgehead atoms. The molecule has 0 fully saturated rings. The number of hydrogen-bond donors (Lipinski definition) is 1. The molecular weight excluding hydrogens is 286 g/mol. The van der Waals surface area contributed by atoms with Crippen LogP contribution in [0.15, 0.2) is 54.7 Å². The van der Waals surface area contributed by atoms with Crippen molar-refractivity contribution in [2.75, 3.05) is 5.32 Å². The zero-order valence-electron chi connectivity index (χ0n) is 13.1. The Morgan fingerprint density at radius 3 is 2.48 bits per heavy atom. The fourth-order valence-corrected chi connectivity index (χ4v) is 2.44. The quantitative estimate of drug-likeness (QED) is 0.747. The second kappa shape index (κ2) is 6.40. The summed E-state index contributed by atoms with van der Waals surface area (Å²) in [5, 5.41) is 2.86. The smallest absolute Gasteiger partial charge is 0.248 e. The number of carbonyl (C=O) groups is 1. The van der Waals surface area contributed by atoms with Crippen LogP contribution < -0.4 is 5.32 Å². The van der Waals surface area contributed by atoms with Crippen molar-refractivity contribution in [3.05, 3.63) is 71.6 Å². The van der Waals surface area contributed by atoms with Crippen molar-refractivity contribution in [2.24, 2.45) is 0 Å². The minimum absolute atomic E-state index is 0.190. The van der Waals surface area contributed by atoms with Crippen molar-refractivity contribution in [2.45, 2.75) is 13.8 Å². The molecule has 114 valence electrons. The summed E-state index contributed by atoms with van der Waals surface area (Å²) in [6.07, 6.45) is 4.79. The van der Waals surface area contributed by atoms with Crippen LogP contribution in [0.2, 0.25) is 0 Å². The van der Waals surface area contributed by atoms with Crippen LogP contribution in [0.3, 0.4) is 0 Å². The minimum Gasteiger partial charge on any atom is -0.322 e. The number of para-hydroxylation sites is 2. The second-order valence-electron chi connectivity index (χ2n) is 5.48. The predicted octanol–water partition coefficient (Wildman–Crippen LogP) is 3.90. The predicted molar refractivity (Wildman–Crippen MR) is 93.1 cm³/mol. The molecule has 0 aliphatic carbocycles. The average molecular weight is 303 g/mol. The molecule has 23 heavy (non-hydrogen) atoms. The number of aryl methyl sites for hydroxylation is 2. The van der Waals surface area contributed by atoms with Crippen LogP contribution in [0.4, 0.5) is 5.69 Å². The molecule has 4 nitrogen and oxygen atoms in total. The average Bonchev–Trinajstić information content (AvgIpc) is 2.52. The van der Waals surface area contributed by atoms with Crippen LogP contribution in [0.5, 0.6) is 0 Å². The van der Waals surface area contributed by atoms with Crippen LogP contribution in [0.25, 0.3) is 17.1 Å². The number of hydrogen-bond acceptors (Lipinski definition) is 3. The first kappa shape index (κ1) is 14.9. The molecule has 3 rings (SSSR count). The van der Waals surface area contributed by atoms with Crippen LogP contribution in [0.1, 0.15) is 16.8 Å². The van der Waals surface area contributed by atoms with Gasteiger partial charge in [0.2, 0.25) is 5.91 Å². The van der Waals surface area contributed by atoms with E-state index in [-0.39, 0.29) is 5.91 Å². The van der Waals surface area contributed by atoms with Crippen molar-refractivity contribution in [3.8, 4) is 0 Å². The molecular formula is C19H17N3O. The van der Waals surface area contributed by atoms with E-state index >= 15 is 0 Å². The van der Waals surface area contributed by atoms with Crippen LogP contribution >= 0.6 is 0 Å². The maximum atomic E-state index is 12.0. The summed E-state index contributed by atoms with van der Waals surface area (Å²) in [6.45, 7) is 4.01. The number of fused-ring (bicyclic) bond motifs is 1. The Balaban J connectivity index is 1.74. The van der Waals surface area contributed by atoms with Crippen molar-refractivity contribution >= 4 is 28.7 Å².